The van der Waals surface area contributed by atoms with E-state index < -0.39 is 0 Å². The molecule has 0 saturated heterocycles. The number of amides is 1. The van der Waals surface area contributed by atoms with Gasteiger partial charge in [0.2, 0.25) is 6.79 Å². The van der Waals surface area contributed by atoms with Gasteiger partial charge in [-0.2, -0.15) is 0 Å². The van der Waals surface area contributed by atoms with Gasteiger partial charge in [0, 0.05) is 23.2 Å². The van der Waals surface area contributed by atoms with Crippen LogP contribution in [0.2, 0.25) is 0 Å². The number of carbonyl (C=O) groups is 1. The molecule has 0 aromatic heterocycles. The highest BCUT2D eigenvalue weighted by Gasteiger charge is 2.35. The summed E-state index contributed by atoms with van der Waals surface area (Å²) in [4.78, 5) is 12.7. The number of carbonyl (C=O) groups excluding carboxylic acids is 1. The molecule has 130 valence electrons. The second-order valence-corrected chi connectivity index (χ2v) is 6.96. The van der Waals surface area contributed by atoms with Crippen LogP contribution in [0.4, 0.5) is 5.69 Å². The molecule has 2 heterocycles. The molecular weight excluding hydrogens is 320 g/mol. The summed E-state index contributed by atoms with van der Waals surface area (Å²) in [6.07, 6.45) is 0.653. The Morgan fingerprint density at radius 3 is 2.72 bits per heavy atom. The summed E-state index contributed by atoms with van der Waals surface area (Å²) < 4.78 is 16.6. The average molecular weight is 340 g/mol. The van der Waals surface area contributed by atoms with Gasteiger partial charge in [-0.25, -0.2) is 0 Å². The molecule has 4 rings (SSSR count). The summed E-state index contributed by atoms with van der Waals surface area (Å²) in [7, 11) is 0. The predicted molar refractivity (Wildman–Crippen MR) is 93.0 cm³/mol. The number of hydrogen-bond acceptors (Lipinski definition) is 5. The Morgan fingerprint density at radius 2 is 1.88 bits per heavy atom. The van der Waals surface area contributed by atoms with E-state index in [1.54, 1.807) is 24.3 Å². The number of hydrogen-bond donors (Lipinski definition) is 2. The van der Waals surface area contributed by atoms with E-state index in [4.69, 9.17) is 19.9 Å². The zero-order valence-electron chi connectivity index (χ0n) is 14.2. The van der Waals surface area contributed by atoms with E-state index in [0.717, 1.165) is 11.3 Å². The van der Waals surface area contributed by atoms with Crippen LogP contribution in [0.1, 0.15) is 42.2 Å². The van der Waals surface area contributed by atoms with Crippen molar-refractivity contribution < 1.29 is 19.0 Å². The summed E-state index contributed by atoms with van der Waals surface area (Å²) in [5.41, 5.74) is 7.60. The summed E-state index contributed by atoms with van der Waals surface area (Å²) >= 11 is 0. The number of anilines is 1. The lowest BCUT2D eigenvalue weighted by Crippen LogP contribution is -2.41. The second-order valence-electron chi connectivity index (χ2n) is 6.96. The maximum Gasteiger partial charge on any atom is 0.251 e. The predicted octanol–water partition coefficient (Wildman–Crippen LogP) is 3.03. The Labute approximate surface area is 145 Å². The largest absolute Gasteiger partial charge is 0.487 e. The molecule has 3 N–H and O–H groups in total. The van der Waals surface area contributed by atoms with Crippen LogP contribution in [-0.4, -0.2) is 18.3 Å². The number of rotatable bonds is 2. The van der Waals surface area contributed by atoms with Crippen molar-refractivity contribution in [2.24, 2.45) is 0 Å². The molecule has 1 amide bonds. The Bertz CT molecular complexity index is 847. The van der Waals surface area contributed by atoms with Crippen molar-refractivity contribution in [3.05, 3.63) is 47.5 Å². The lowest BCUT2D eigenvalue weighted by molar-refractivity contribution is 0.0620. The Kier molecular flexibility index (Phi) is 3.49. The van der Waals surface area contributed by atoms with Crippen molar-refractivity contribution in [3.8, 4) is 17.2 Å². The number of nitrogen functional groups attached to an aromatic ring is 1. The first kappa shape index (κ1) is 15.6. The van der Waals surface area contributed by atoms with E-state index in [0.29, 0.717) is 29.2 Å². The van der Waals surface area contributed by atoms with Crippen LogP contribution in [0.15, 0.2) is 36.4 Å². The van der Waals surface area contributed by atoms with E-state index >= 15 is 0 Å². The fraction of sp³-hybridized carbons (Fsp3) is 0.316. The molecule has 0 aliphatic carbocycles. The minimum absolute atomic E-state index is 0.172. The van der Waals surface area contributed by atoms with Crippen LogP contribution >= 0.6 is 0 Å². The Hall–Kier alpha value is -2.89. The molecule has 2 aliphatic heterocycles. The summed E-state index contributed by atoms with van der Waals surface area (Å²) in [5.74, 6) is 1.82. The van der Waals surface area contributed by atoms with Gasteiger partial charge >= 0.3 is 0 Å². The van der Waals surface area contributed by atoms with Gasteiger partial charge in [0.15, 0.2) is 11.5 Å². The number of fused-ring (bicyclic) bond motifs is 2. The van der Waals surface area contributed by atoms with Crippen molar-refractivity contribution in [2.45, 2.75) is 31.9 Å². The average Bonchev–Trinajstić information content (AvgIpc) is 3.02. The first-order chi connectivity index (χ1) is 11.9. The fourth-order valence-electron chi connectivity index (χ4n) is 3.28. The number of nitrogens with two attached hydrogens (primary N) is 1. The molecule has 0 saturated carbocycles. The first-order valence-corrected chi connectivity index (χ1v) is 8.20. The quantitative estimate of drug-likeness (QED) is 0.821. The van der Waals surface area contributed by atoms with E-state index in [9.17, 15) is 4.79 Å². The SMILES string of the molecule is CC1(C)CC(NC(=O)c2ccc3c(c2)OCO3)c2cc(N)ccc2O1. The molecule has 25 heavy (non-hydrogen) atoms. The van der Waals surface area contributed by atoms with E-state index in [1.165, 1.54) is 0 Å². The molecule has 6 nitrogen and oxygen atoms in total. The van der Waals surface area contributed by atoms with E-state index in [1.807, 2.05) is 26.0 Å². The standard InChI is InChI=1S/C19H20N2O4/c1-19(2)9-14(13-8-12(20)4-6-15(13)25-19)21-18(22)11-3-5-16-17(7-11)24-10-23-16/h3-8,14H,9-10,20H2,1-2H3,(H,21,22). The van der Waals surface area contributed by atoms with Gasteiger partial charge in [-0.05, 0) is 50.2 Å². The molecule has 0 fully saturated rings. The zero-order valence-corrected chi connectivity index (χ0v) is 14.2. The lowest BCUT2D eigenvalue weighted by Gasteiger charge is -2.38. The van der Waals surface area contributed by atoms with Crippen LogP contribution in [0, 0.1) is 0 Å². The van der Waals surface area contributed by atoms with Gasteiger partial charge in [0.1, 0.15) is 11.4 Å². The lowest BCUT2D eigenvalue weighted by atomic mass is 9.89. The van der Waals surface area contributed by atoms with Gasteiger partial charge in [-0.1, -0.05) is 0 Å². The molecule has 2 aromatic rings. The highest BCUT2D eigenvalue weighted by Crippen LogP contribution is 2.40. The number of ether oxygens (including phenoxy) is 3. The number of nitrogens with one attached hydrogen (secondary N) is 1. The molecule has 0 radical (unpaired) electrons. The topological polar surface area (TPSA) is 82.8 Å². The minimum atomic E-state index is -0.379. The second kappa shape index (κ2) is 5.58. The van der Waals surface area contributed by atoms with Crippen molar-refractivity contribution in [2.75, 3.05) is 12.5 Å². The van der Waals surface area contributed by atoms with Crippen molar-refractivity contribution in [1.29, 1.82) is 0 Å². The van der Waals surface area contributed by atoms with E-state index in [2.05, 4.69) is 5.32 Å². The maximum absolute atomic E-state index is 12.7. The van der Waals surface area contributed by atoms with Gasteiger partial charge in [0.25, 0.3) is 5.91 Å². The summed E-state index contributed by atoms with van der Waals surface area (Å²) in [6, 6.07) is 10.5. The van der Waals surface area contributed by atoms with Gasteiger partial charge in [-0.3, -0.25) is 4.79 Å². The van der Waals surface area contributed by atoms with E-state index in [-0.39, 0.29) is 24.3 Å². The van der Waals surface area contributed by atoms with Crippen LogP contribution < -0.4 is 25.3 Å². The molecule has 2 aliphatic rings. The first-order valence-electron chi connectivity index (χ1n) is 8.20. The van der Waals surface area contributed by atoms with Crippen LogP contribution in [0.5, 0.6) is 17.2 Å². The Balaban J connectivity index is 1.61. The highest BCUT2D eigenvalue weighted by atomic mass is 16.7. The molecule has 1 atom stereocenters. The molecular formula is C19H20N2O4. The van der Waals surface area contributed by atoms with Crippen LogP contribution in [-0.2, 0) is 0 Å². The highest BCUT2D eigenvalue weighted by molar-refractivity contribution is 5.95. The molecule has 6 heteroatoms. The summed E-state index contributed by atoms with van der Waals surface area (Å²) in [5, 5.41) is 3.09. The minimum Gasteiger partial charge on any atom is -0.487 e. The van der Waals surface area contributed by atoms with Gasteiger partial charge in [0.05, 0.1) is 6.04 Å². The van der Waals surface area contributed by atoms with Gasteiger partial charge < -0.3 is 25.3 Å². The molecule has 0 spiro atoms. The van der Waals surface area contributed by atoms with Crippen LogP contribution in [0.3, 0.4) is 0 Å². The molecule has 1 unspecified atom stereocenters. The summed E-state index contributed by atoms with van der Waals surface area (Å²) in [6.45, 7) is 4.19. The van der Waals surface area contributed by atoms with Gasteiger partial charge in [-0.15, -0.1) is 0 Å². The number of benzene rings is 2. The monoisotopic (exact) mass is 340 g/mol. The molecule has 2 aromatic carbocycles. The maximum atomic E-state index is 12.7. The Morgan fingerprint density at radius 1 is 1.12 bits per heavy atom. The molecule has 0 bridgehead atoms. The van der Waals surface area contributed by atoms with Crippen molar-refractivity contribution in [3.63, 3.8) is 0 Å². The third-order valence-electron chi connectivity index (χ3n) is 4.43. The smallest absolute Gasteiger partial charge is 0.251 e. The van der Waals surface area contributed by atoms with Crippen molar-refractivity contribution >= 4 is 11.6 Å². The van der Waals surface area contributed by atoms with Crippen LogP contribution in [0.25, 0.3) is 0 Å². The normalized spacial score (nSPS) is 19.7. The fourth-order valence-corrected chi connectivity index (χ4v) is 3.28. The third kappa shape index (κ3) is 2.95. The zero-order chi connectivity index (χ0) is 17.6. The van der Waals surface area contributed by atoms with Crippen molar-refractivity contribution in [1.82, 2.24) is 5.32 Å². The third-order valence-corrected chi connectivity index (χ3v) is 4.43.